The van der Waals surface area contributed by atoms with Gasteiger partial charge in [0.15, 0.2) is 11.5 Å². The van der Waals surface area contributed by atoms with Crippen LogP contribution in [0.4, 0.5) is 0 Å². The molecule has 0 spiro atoms. The van der Waals surface area contributed by atoms with Gasteiger partial charge >= 0.3 is 0 Å². The van der Waals surface area contributed by atoms with Crippen LogP contribution in [0.5, 0.6) is 11.5 Å². The van der Waals surface area contributed by atoms with E-state index < -0.39 is 0 Å². The number of hydrogen-bond acceptors (Lipinski definition) is 4. The number of rotatable bonds is 4. The minimum absolute atomic E-state index is 0.297. The van der Waals surface area contributed by atoms with E-state index in [4.69, 9.17) is 15.2 Å². The Morgan fingerprint density at radius 1 is 1.21 bits per heavy atom. The van der Waals surface area contributed by atoms with E-state index in [-0.39, 0.29) is 5.54 Å². The van der Waals surface area contributed by atoms with Crippen molar-refractivity contribution >= 4 is 11.8 Å². The Balaban J connectivity index is 2.20. The molecule has 0 bridgehead atoms. The van der Waals surface area contributed by atoms with Gasteiger partial charge in [0.05, 0.1) is 7.11 Å². The monoisotopic (exact) mass is 281 g/mol. The van der Waals surface area contributed by atoms with Crippen molar-refractivity contribution in [2.75, 3.05) is 18.6 Å². The van der Waals surface area contributed by atoms with E-state index >= 15 is 0 Å². The lowest BCUT2D eigenvalue weighted by Crippen LogP contribution is -2.29. The first kappa shape index (κ1) is 14.5. The molecule has 3 nitrogen and oxygen atoms in total. The van der Waals surface area contributed by atoms with Crippen LogP contribution in [0.3, 0.4) is 0 Å². The van der Waals surface area contributed by atoms with E-state index in [0.717, 1.165) is 29.9 Å². The van der Waals surface area contributed by atoms with Gasteiger partial charge in [-0.25, -0.2) is 0 Å². The summed E-state index contributed by atoms with van der Waals surface area (Å²) in [5, 5.41) is 0. The Hall–Kier alpha value is -0.870. The molecule has 0 amide bonds. The first-order chi connectivity index (χ1) is 9.00. The van der Waals surface area contributed by atoms with E-state index in [1.54, 1.807) is 7.11 Å². The maximum atomic E-state index is 6.15. The van der Waals surface area contributed by atoms with Crippen LogP contribution in [-0.4, -0.2) is 24.7 Å². The van der Waals surface area contributed by atoms with Gasteiger partial charge in [0.1, 0.15) is 6.10 Å². The first-order valence-electron chi connectivity index (χ1n) is 6.72. The third-order valence-electron chi connectivity index (χ3n) is 3.37. The molecule has 19 heavy (non-hydrogen) atoms. The predicted octanol–water partition coefficient (Wildman–Crippen LogP) is 3.16. The van der Waals surface area contributed by atoms with E-state index in [2.05, 4.69) is 0 Å². The molecule has 0 aromatic heterocycles. The standard InChI is InChI=1S/C15H23NO2S/c1-15(2,16)11-4-5-13(17-3)14(10-11)18-12-6-8-19-9-7-12/h4-5,10,12H,6-9,16H2,1-3H3. The highest BCUT2D eigenvalue weighted by atomic mass is 32.2. The number of methoxy groups -OCH3 is 1. The quantitative estimate of drug-likeness (QED) is 0.920. The largest absolute Gasteiger partial charge is 0.493 e. The highest BCUT2D eigenvalue weighted by Crippen LogP contribution is 2.33. The zero-order valence-corrected chi connectivity index (χ0v) is 12.8. The normalized spacial score (nSPS) is 17.3. The van der Waals surface area contributed by atoms with Crippen molar-refractivity contribution in [2.45, 2.75) is 38.3 Å². The minimum Gasteiger partial charge on any atom is -0.493 e. The highest BCUT2D eigenvalue weighted by molar-refractivity contribution is 7.99. The molecule has 1 aromatic carbocycles. The molecule has 1 heterocycles. The number of hydrogen-bond donors (Lipinski definition) is 1. The highest BCUT2D eigenvalue weighted by Gasteiger charge is 2.20. The summed E-state index contributed by atoms with van der Waals surface area (Å²) in [7, 11) is 1.67. The lowest BCUT2D eigenvalue weighted by molar-refractivity contribution is 0.184. The van der Waals surface area contributed by atoms with Gasteiger partial charge in [0.25, 0.3) is 0 Å². The first-order valence-corrected chi connectivity index (χ1v) is 7.88. The molecule has 1 aliphatic rings. The van der Waals surface area contributed by atoms with Crippen molar-refractivity contribution in [2.24, 2.45) is 5.73 Å². The summed E-state index contributed by atoms with van der Waals surface area (Å²) in [6, 6.07) is 5.96. The molecule has 0 saturated carbocycles. The smallest absolute Gasteiger partial charge is 0.161 e. The third-order valence-corrected chi connectivity index (χ3v) is 4.42. The van der Waals surface area contributed by atoms with E-state index in [1.165, 1.54) is 11.5 Å². The van der Waals surface area contributed by atoms with Gasteiger partial charge < -0.3 is 15.2 Å². The van der Waals surface area contributed by atoms with Gasteiger partial charge in [0.2, 0.25) is 0 Å². The third kappa shape index (κ3) is 3.80. The fourth-order valence-corrected chi connectivity index (χ4v) is 3.21. The summed E-state index contributed by atoms with van der Waals surface area (Å²) >= 11 is 2.00. The minimum atomic E-state index is -0.368. The predicted molar refractivity (Wildman–Crippen MR) is 81.2 cm³/mol. The Labute approximate surface area is 119 Å². The molecule has 1 saturated heterocycles. The Morgan fingerprint density at radius 2 is 1.89 bits per heavy atom. The lowest BCUT2D eigenvalue weighted by Gasteiger charge is -2.26. The molecule has 106 valence electrons. The fraction of sp³-hybridized carbons (Fsp3) is 0.600. The Bertz CT molecular complexity index is 423. The van der Waals surface area contributed by atoms with E-state index in [1.807, 2.05) is 43.8 Å². The average molecular weight is 281 g/mol. The van der Waals surface area contributed by atoms with Gasteiger partial charge in [-0.15, -0.1) is 0 Å². The van der Waals surface area contributed by atoms with Gasteiger partial charge in [-0.2, -0.15) is 11.8 Å². The maximum absolute atomic E-state index is 6.15. The summed E-state index contributed by atoms with van der Waals surface area (Å²) in [5.74, 6) is 3.95. The fourth-order valence-electron chi connectivity index (χ4n) is 2.14. The topological polar surface area (TPSA) is 44.5 Å². The second kappa shape index (κ2) is 6.06. The van der Waals surface area contributed by atoms with Crippen LogP contribution in [0, 0.1) is 0 Å². The number of thioether (sulfide) groups is 1. The molecule has 0 unspecified atom stereocenters. The van der Waals surface area contributed by atoms with Crippen molar-refractivity contribution in [3.8, 4) is 11.5 Å². The zero-order valence-electron chi connectivity index (χ0n) is 11.9. The number of benzene rings is 1. The summed E-state index contributed by atoms with van der Waals surface area (Å²) in [5.41, 5.74) is 6.85. The zero-order chi connectivity index (χ0) is 13.9. The molecule has 0 radical (unpaired) electrons. The van der Waals surface area contributed by atoms with Crippen LogP contribution in [0.1, 0.15) is 32.3 Å². The van der Waals surface area contributed by atoms with Crippen molar-refractivity contribution in [3.63, 3.8) is 0 Å². The van der Waals surface area contributed by atoms with Gasteiger partial charge in [-0.05, 0) is 55.9 Å². The van der Waals surface area contributed by atoms with Crippen molar-refractivity contribution in [3.05, 3.63) is 23.8 Å². The number of nitrogens with two attached hydrogens (primary N) is 1. The SMILES string of the molecule is COc1ccc(C(C)(C)N)cc1OC1CCSCC1. The van der Waals surface area contributed by atoms with E-state index in [0.29, 0.717) is 6.10 Å². The lowest BCUT2D eigenvalue weighted by atomic mass is 9.95. The molecule has 1 aromatic rings. The van der Waals surface area contributed by atoms with Crippen LogP contribution in [0.25, 0.3) is 0 Å². The van der Waals surface area contributed by atoms with Gasteiger partial charge in [-0.3, -0.25) is 0 Å². The molecular weight excluding hydrogens is 258 g/mol. The van der Waals surface area contributed by atoms with Crippen LogP contribution >= 0.6 is 11.8 Å². The van der Waals surface area contributed by atoms with Crippen molar-refractivity contribution in [1.29, 1.82) is 0 Å². The molecule has 2 N–H and O–H groups in total. The summed E-state index contributed by atoms with van der Waals surface area (Å²) in [4.78, 5) is 0. The average Bonchev–Trinajstić information content (AvgIpc) is 2.39. The van der Waals surface area contributed by atoms with E-state index in [9.17, 15) is 0 Å². The Morgan fingerprint density at radius 3 is 2.47 bits per heavy atom. The molecular formula is C15H23NO2S. The molecule has 0 atom stereocenters. The second-order valence-corrected chi connectivity index (χ2v) is 6.74. The molecule has 2 rings (SSSR count). The van der Waals surface area contributed by atoms with Crippen molar-refractivity contribution in [1.82, 2.24) is 0 Å². The van der Waals surface area contributed by atoms with Crippen LogP contribution in [-0.2, 0) is 5.54 Å². The van der Waals surface area contributed by atoms with Crippen LogP contribution in [0.15, 0.2) is 18.2 Å². The van der Waals surface area contributed by atoms with Crippen LogP contribution in [0.2, 0.25) is 0 Å². The van der Waals surface area contributed by atoms with Crippen LogP contribution < -0.4 is 15.2 Å². The second-order valence-electron chi connectivity index (χ2n) is 5.52. The number of ether oxygens (including phenoxy) is 2. The molecule has 4 heteroatoms. The van der Waals surface area contributed by atoms with Gasteiger partial charge in [-0.1, -0.05) is 6.07 Å². The van der Waals surface area contributed by atoms with Gasteiger partial charge in [0, 0.05) is 5.54 Å². The summed E-state index contributed by atoms with van der Waals surface area (Å²) < 4.78 is 11.5. The summed E-state index contributed by atoms with van der Waals surface area (Å²) in [6.07, 6.45) is 2.50. The van der Waals surface area contributed by atoms with Crippen molar-refractivity contribution < 1.29 is 9.47 Å². The molecule has 0 aliphatic carbocycles. The summed E-state index contributed by atoms with van der Waals surface area (Å²) in [6.45, 7) is 3.99. The Kier molecular flexibility index (Phi) is 4.63. The molecule has 1 fully saturated rings. The maximum Gasteiger partial charge on any atom is 0.161 e. The molecule has 1 aliphatic heterocycles.